The summed E-state index contributed by atoms with van der Waals surface area (Å²) >= 11 is 0. The lowest BCUT2D eigenvalue weighted by Crippen LogP contribution is -2.54. The van der Waals surface area contributed by atoms with Gasteiger partial charge in [-0.05, 0) is 31.7 Å². The molecule has 2 saturated carbocycles. The van der Waals surface area contributed by atoms with E-state index in [-0.39, 0.29) is 17.5 Å². The Labute approximate surface area is 182 Å². The van der Waals surface area contributed by atoms with Crippen LogP contribution in [0.15, 0.2) is 59.4 Å². The number of carbonyl (C=O) groups is 1. The number of amides is 1. The number of hydrogen-bond donors (Lipinski definition) is 1. The van der Waals surface area contributed by atoms with Crippen molar-refractivity contribution in [3.05, 3.63) is 65.0 Å². The molecule has 0 unspecified atom stereocenters. The molecule has 1 N–H and O–H groups in total. The highest BCUT2D eigenvalue weighted by Gasteiger charge is 2.45. The third kappa shape index (κ3) is 3.56. The number of nitrogens with one attached hydrogen (secondary N) is 1. The maximum atomic E-state index is 13.7. The molecule has 31 heavy (non-hydrogen) atoms. The van der Waals surface area contributed by atoms with Gasteiger partial charge in [0.1, 0.15) is 5.54 Å². The van der Waals surface area contributed by atoms with Gasteiger partial charge in [-0.25, -0.2) is 4.68 Å². The van der Waals surface area contributed by atoms with Crippen molar-refractivity contribution >= 4 is 16.7 Å². The predicted octanol–water partition coefficient (Wildman–Crippen LogP) is 4.78. The van der Waals surface area contributed by atoms with Gasteiger partial charge in [0, 0.05) is 17.0 Å². The minimum Gasteiger partial charge on any atom is -0.351 e. The molecular formula is C26H29N3O2. The molecule has 1 heterocycles. The molecular weight excluding hydrogens is 386 g/mol. The summed E-state index contributed by atoms with van der Waals surface area (Å²) in [6.45, 7) is 0. The van der Waals surface area contributed by atoms with E-state index in [4.69, 9.17) is 5.10 Å². The molecule has 0 spiro atoms. The van der Waals surface area contributed by atoms with Crippen LogP contribution in [0.2, 0.25) is 0 Å². The number of benzene rings is 2. The van der Waals surface area contributed by atoms with Crippen molar-refractivity contribution in [1.29, 1.82) is 0 Å². The second-order valence-corrected chi connectivity index (χ2v) is 9.02. The third-order valence-electron chi connectivity index (χ3n) is 7.05. The first kappa shape index (κ1) is 20.0. The third-order valence-corrected chi connectivity index (χ3v) is 7.05. The van der Waals surface area contributed by atoms with Gasteiger partial charge in [0.25, 0.3) is 5.56 Å². The second kappa shape index (κ2) is 8.29. The highest BCUT2D eigenvalue weighted by atomic mass is 16.2. The van der Waals surface area contributed by atoms with Crippen molar-refractivity contribution in [3.63, 3.8) is 0 Å². The summed E-state index contributed by atoms with van der Waals surface area (Å²) in [5.41, 5.74) is 0.638. The Morgan fingerprint density at radius 2 is 1.52 bits per heavy atom. The molecule has 0 saturated heterocycles. The van der Waals surface area contributed by atoms with Crippen LogP contribution < -0.4 is 10.9 Å². The lowest BCUT2D eigenvalue weighted by molar-refractivity contribution is -0.131. The molecule has 2 aromatic carbocycles. The minimum atomic E-state index is -0.901. The van der Waals surface area contributed by atoms with Crippen molar-refractivity contribution < 1.29 is 4.79 Å². The Morgan fingerprint density at radius 1 is 0.871 bits per heavy atom. The molecule has 1 amide bonds. The fraction of sp³-hybridized carbons (Fsp3) is 0.423. The summed E-state index contributed by atoms with van der Waals surface area (Å²) in [6.07, 6.45) is 8.78. The van der Waals surface area contributed by atoms with Gasteiger partial charge < -0.3 is 5.32 Å². The fourth-order valence-corrected chi connectivity index (χ4v) is 5.35. The zero-order valence-electron chi connectivity index (χ0n) is 17.8. The lowest BCUT2D eigenvalue weighted by Gasteiger charge is -2.33. The van der Waals surface area contributed by atoms with Crippen molar-refractivity contribution in [1.82, 2.24) is 15.1 Å². The fourth-order valence-electron chi connectivity index (χ4n) is 5.35. The van der Waals surface area contributed by atoms with Crippen LogP contribution >= 0.6 is 0 Å². The normalized spacial score (nSPS) is 18.8. The molecule has 2 fully saturated rings. The molecule has 2 aliphatic rings. The van der Waals surface area contributed by atoms with E-state index in [1.807, 2.05) is 54.6 Å². The zero-order valence-corrected chi connectivity index (χ0v) is 17.8. The van der Waals surface area contributed by atoms with E-state index in [1.54, 1.807) is 0 Å². The number of nitrogens with zero attached hydrogens (tertiary/aromatic N) is 2. The van der Waals surface area contributed by atoms with E-state index in [0.717, 1.165) is 55.2 Å². The summed E-state index contributed by atoms with van der Waals surface area (Å²) in [5.74, 6) is -0.0270. The topological polar surface area (TPSA) is 64.0 Å². The first-order chi connectivity index (χ1) is 15.2. The van der Waals surface area contributed by atoms with Crippen LogP contribution in [0.3, 0.4) is 0 Å². The second-order valence-electron chi connectivity index (χ2n) is 9.02. The van der Waals surface area contributed by atoms with Crippen LogP contribution in [-0.4, -0.2) is 21.7 Å². The summed E-state index contributed by atoms with van der Waals surface area (Å²) in [5, 5.41) is 9.63. The summed E-state index contributed by atoms with van der Waals surface area (Å²) in [6, 6.07) is 17.8. The molecule has 0 atom stereocenters. The number of carbonyl (C=O) groups excluding carboxylic acids is 1. The van der Waals surface area contributed by atoms with Gasteiger partial charge in [0.05, 0.1) is 11.1 Å². The van der Waals surface area contributed by atoms with Crippen LogP contribution in [0, 0.1) is 0 Å². The molecule has 0 aliphatic heterocycles. The highest BCUT2D eigenvalue weighted by Crippen LogP contribution is 2.37. The standard InChI is InChI=1S/C26H29N3O2/c30-24-22-16-8-7-15-21(22)23(19-11-3-1-4-12-19)28-29(24)26(17-9-10-18-26)25(31)27-20-13-5-2-6-14-20/h1,3-4,7-8,11-12,15-16,20H,2,5-6,9-10,13-14,17-18H2,(H,27,31). The van der Waals surface area contributed by atoms with Gasteiger partial charge in [-0.2, -0.15) is 5.10 Å². The van der Waals surface area contributed by atoms with Gasteiger partial charge in [-0.3, -0.25) is 9.59 Å². The minimum absolute atomic E-state index is 0.0270. The number of fused-ring (bicyclic) bond motifs is 1. The Balaban J connectivity index is 1.66. The summed E-state index contributed by atoms with van der Waals surface area (Å²) in [4.78, 5) is 27.3. The Kier molecular flexibility index (Phi) is 5.34. The van der Waals surface area contributed by atoms with Gasteiger partial charge in [0.15, 0.2) is 0 Å². The van der Waals surface area contributed by atoms with Gasteiger partial charge in [0.2, 0.25) is 5.91 Å². The maximum Gasteiger partial charge on any atom is 0.275 e. The zero-order chi connectivity index (χ0) is 21.3. The molecule has 2 aliphatic carbocycles. The van der Waals surface area contributed by atoms with E-state index in [2.05, 4.69) is 5.32 Å². The molecule has 5 rings (SSSR count). The first-order valence-corrected chi connectivity index (χ1v) is 11.6. The molecule has 5 heteroatoms. The molecule has 5 nitrogen and oxygen atoms in total. The van der Waals surface area contributed by atoms with E-state index < -0.39 is 5.54 Å². The molecule has 3 aromatic rings. The van der Waals surface area contributed by atoms with Gasteiger partial charge >= 0.3 is 0 Å². The van der Waals surface area contributed by atoms with Crippen molar-refractivity contribution in [2.45, 2.75) is 69.4 Å². The molecule has 0 bridgehead atoms. The number of aromatic nitrogens is 2. The smallest absolute Gasteiger partial charge is 0.275 e. The number of rotatable bonds is 4. The highest BCUT2D eigenvalue weighted by molar-refractivity contribution is 5.94. The molecule has 1 aromatic heterocycles. The molecule has 160 valence electrons. The predicted molar refractivity (Wildman–Crippen MR) is 123 cm³/mol. The van der Waals surface area contributed by atoms with Crippen molar-refractivity contribution in [2.75, 3.05) is 0 Å². The summed E-state index contributed by atoms with van der Waals surface area (Å²) in [7, 11) is 0. The molecule has 0 radical (unpaired) electrons. The van der Waals surface area contributed by atoms with Gasteiger partial charge in [-0.15, -0.1) is 0 Å². The lowest BCUT2D eigenvalue weighted by atomic mass is 9.92. The van der Waals surface area contributed by atoms with E-state index in [9.17, 15) is 9.59 Å². The average Bonchev–Trinajstić information content (AvgIpc) is 3.32. The van der Waals surface area contributed by atoms with Crippen LogP contribution in [0.1, 0.15) is 57.8 Å². The Hall–Kier alpha value is -2.95. The van der Waals surface area contributed by atoms with E-state index in [1.165, 1.54) is 11.1 Å². The largest absolute Gasteiger partial charge is 0.351 e. The van der Waals surface area contributed by atoms with Crippen LogP contribution in [0.25, 0.3) is 22.0 Å². The Morgan fingerprint density at radius 3 is 2.23 bits per heavy atom. The van der Waals surface area contributed by atoms with Crippen LogP contribution in [-0.2, 0) is 10.3 Å². The Bertz CT molecular complexity index is 1140. The van der Waals surface area contributed by atoms with Crippen molar-refractivity contribution in [3.8, 4) is 11.3 Å². The monoisotopic (exact) mass is 415 g/mol. The van der Waals surface area contributed by atoms with E-state index in [0.29, 0.717) is 18.2 Å². The summed E-state index contributed by atoms with van der Waals surface area (Å²) < 4.78 is 1.53. The SMILES string of the molecule is O=C(NC1CCCCC1)C1(n2nc(-c3ccccc3)c3ccccc3c2=O)CCCC1. The van der Waals surface area contributed by atoms with E-state index >= 15 is 0 Å². The quantitative estimate of drug-likeness (QED) is 0.667. The van der Waals surface area contributed by atoms with Crippen molar-refractivity contribution in [2.24, 2.45) is 0 Å². The first-order valence-electron chi connectivity index (χ1n) is 11.6. The van der Waals surface area contributed by atoms with Crippen LogP contribution in [0.4, 0.5) is 0 Å². The average molecular weight is 416 g/mol. The van der Waals surface area contributed by atoms with Gasteiger partial charge in [-0.1, -0.05) is 80.6 Å². The van der Waals surface area contributed by atoms with Crippen LogP contribution in [0.5, 0.6) is 0 Å². The maximum absolute atomic E-state index is 13.7. The number of hydrogen-bond acceptors (Lipinski definition) is 3.